The molecule has 1 N–H and O–H groups in total. The largest absolute Gasteiger partial charge is 0.384 e. The van der Waals surface area contributed by atoms with Crippen LogP contribution in [0.2, 0.25) is 0 Å². The normalized spacial score (nSPS) is 23.0. The van der Waals surface area contributed by atoms with Gasteiger partial charge in [-0.25, -0.2) is 12.8 Å². The van der Waals surface area contributed by atoms with Crippen LogP contribution >= 0.6 is 15.9 Å². The van der Waals surface area contributed by atoms with Crippen LogP contribution in [-0.2, 0) is 14.8 Å². The molecule has 1 saturated heterocycles. The first-order valence-electron chi connectivity index (χ1n) is 10.4. The maximum Gasteiger partial charge on any atom is 0.244 e. The lowest BCUT2D eigenvalue weighted by Crippen LogP contribution is -2.53. The third-order valence-corrected chi connectivity index (χ3v) is 8.78. The van der Waals surface area contributed by atoms with Gasteiger partial charge in [0, 0.05) is 54.0 Å². The van der Waals surface area contributed by atoms with E-state index in [1.807, 2.05) is 0 Å². The highest BCUT2D eigenvalue weighted by molar-refractivity contribution is 9.10. The molecule has 5 rings (SSSR count). The van der Waals surface area contributed by atoms with Crippen LogP contribution in [0, 0.1) is 11.2 Å². The Morgan fingerprint density at radius 3 is 2.79 bits per heavy atom. The van der Waals surface area contributed by atoms with Gasteiger partial charge in [-0.05, 0) is 52.2 Å². The molecule has 0 spiro atoms. The predicted octanol–water partition coefficient (Wildman–Crippen LogP) is 3.96. The van der Waals surface area contributed by atoms with E-state index in [-0.39, 0.29) is 23.2 Å². The number of ether oxygens (including phenoxy) is 1. The number of aromatic amines is 1. The molecule has 0 saturated carbocycles. The van der Waals surface area contributed by atoms with Crippen molar-refractivity contribution in [3.8, 4) is 0 Å². The van der Waals surface area contributed by atoms with E-state index in [2.05, 4.69) is 37.2 Å². The molecular weight excluding hydrogens is 511 g/mol. The van der Waals surface area contributed by atoms with Crippen LogP contribution in [0.3, 0.4) is 0 Å². The van der Waals surface area contributed by atoms with Crippen molar-refractivity contribution in [2.24, 2.45) is 5.41 Å². The summed E-state index contributed by atoms with van der Waals surface area (Å²) in [7, 11) is -2.18. The number of nitrogens with zero attached hydrogens (tertiary/aromatic N) is 3. The van der Waals surface area contributed by atoms with Crippen molar-refractivity contribution >= 4 is 32.0 Å². The molecule has 0 radical (unpaired) electrons. The summed E-state index contributed by atoms with van der Waals surface area (Å²) in [6.45, 7) is 0.855. The van der Waals surface area contributed by atoms with Crippen molar-refractivity contribution in [3.63, 3.8) is 0 Å². The maximum atomic E-state index is 13.8. The zero-order valence-electron chi connectivity index (χ0n) is 17.8. The van der Waals surface area contributed by atoms with Crippen LogP contribution in [-0.4, -0.2) is 54.7 Å². The fourth-order valence-corrected chi connectivity index (χ4v) is 7.14. The summed E-state index contributed by atoms with van der Waals surface area (Å²) in [5, 5.41) is 7.29. The smallest absolute Gasteiger partial charge is 0.244 e. The van der Waals surface area contributed by atoms with Crippen LogP contribution in [0.25, 0.3) is 6.08 Å². The molecule has 2 atom stereocenters. The number of aromatic nitrogens is 3. The number of benzene rings is 1. The Kier molecular flexibility index (Phi) is 5.72. The Bertz CT molecular complexity index is 1330. The van der Waals surface area contributed by atoms with Gasteiger partial charge >= 0.3 is 0 Å². The number of rotatable bonds is 5. The summed E-state index contributed by atoms with van der Waals surface area (Å²) >= 11 is 3.31. The van der Waals surface area contributed by atoms with Crippen LogP contribution in [0.4, 0.5) is 4.39 Å². The molecular formula is C23H22BrFN4O3S. The Morgan fingerprint density at radius 2 is 2.06 bits per heavy atom. The highest BCUT2D eigenvalue weighted by Gasteiger charge is 2.52. The van der Waals surface area contributed by atoms with E-state index in [0.717, 1.165) is 22.4 Å². The fraction of sp³-hybridized carbons (Fsp3) is 0.304. The Morgan fingerprint density at radius 1 is 1.27 bits per heavy atom. The van der Waals surface area contributed by atoms with Gasteiger partial charge in [0.05, 0.1) is 18.5 Å². The minimum atomic E-state index is -3.79. The Labute approximate surface area is 199 Å². The van der Waals surface area contributed by atoms with Gasteiger partial charge in [0.1, 0.15) is 10.7 Å². The highest BCUT2D eigenvalue weighted by Crippen LogP contribution is 2.54. The molecule has 1 aliphatic carbocycles. The number of pyridine rings is 1. The number of hydrogen-bond donors (Lipinski definition) is 1. The third kappa shape index (κ3) is 3.74. The standard InChI is InChI=1S/C23H22BrFN4O3S/c1-32-14-23-13-29(33(30,31)19-9-17(24)10-26-11-19)7-6-16(23)8-21-20(12-27-28-21)22(23)15-2-4-18(25)5-3-15/h2-5,8-12,22H,6-7,13-14H2,1H3,(H,27,28)/t22?,23-/m0/s1. The average Bonchev–Trinajstić information content (AvgIpc) is 3.26. The molecule has 10 heteroatoms. The van der Waals surface area contributed by atoms with Gasteiger partial charge < -0.3 is 4.74 Å². The van der Waals surface area contributed by atoms with E-state index in [0.29, 0.717) is 24.0 Å². The van der Waals surface area contributed by atoms with E-state index in [4.69, 9.17) is 4.74 Å². The van der Waals surface area contributed by atoms with Crippen LogP contribution in [0.1, 0.15) is 29.2 Å². The Balaban J connectivity index is 1.64. The molecule has 2 aromatic heterocycles. The van der Waals surface area contributed by atoms with Gasteiger partial charge in [0.15, 0.2) is 0 Å². The summed E-state index contributed by atoms with van der Waals surface area (Å²) < 4.78 is 48.7. The molecule has 1 aliphatic heterocycles. The summed E-state index contributed by atoms with van der Waals surface area (Å²) in [5.74, 6) is -0.584. The van der Waals surface area contributed by atoms with Crippen molar-refractivity contribution in [2.45, 2.75) is 17.2 Å². The van der Waals surface area contributed by atoms with Crippen LogP contribution < -0.4 is 0 Å². The molecule has 0 amide bonds. The van der Waals surface area contributed by atoms with Gasteiger partial charge in [-0.2, -0.15) is 9.40 Å². The highest BCUT2D eigenvalue weighted by atomic mass is 79.9. The van der Waals surface area contributed by atoms with E-state index in [9.17, 15) is 12.8 Å². The van der Waals surface area contributed by atoms with Crippen molar-refractivity contribution < 1.29 is 17.5 Å². The molecule has 1 fully saturated rings. The monoisotopic (exact) mass is 532 g/mol. The number of halogens is 2. The first kappa shape index (κ1) is 22.4. The molecule has 1 aromatic carbocycles. The van der Waals surface area contributed by atoms with Gasteiger partial charge in [-0.15, -0.1) is 0 Å². The predicted molar refractivity (Wildman–Crippen MR) is 124 cm³/mol. The fourth-order valence-electron chi connectivity index (χ4n) is 5.13. The van der Waals surface area contributed by atoms with Crippen LogP contribution in [0.15, 0.2) is 63.9 Å². The van der Waals surface area contributed by atoms with Gasteiger partial charge in [-0.3, -0.25) is 10.1 Å². The SMILES string of the molecule is COC[C@@]12CN(S(=O)(=O)c3cncc(Br)c3)CCC1=Cc1[nH]ncc1C2c1ccc(F)cc1. The summed E-state index contributed by atoms with van der Waals surface area (Å²) in [5.41, 5.74) is 3.12. The summed E-state index contributed by atoms with van der Waals surface area (Å²) in [6.07, 6.45) is 7.28. The van der Waals surface area contributed by atoms with Crippen molar-refractivity contribution in [1.29, 1.82) is 0 Å². The number of piperidine rings is 1. The lowest BCUT2D eigenvalue weighted by Gasteiger charge is -2.50. The molecule has 7 nitrogen and oxygen atoms in total. The van der Waals surface area contributed by atoms with E-state index < -0.39 is 15.4 Å². The molecule has 3 aromatic rings. The van der Waals surface area contributed by atoms with Gasteiger partial charge in [0.2, 0.25) is 10.0 Å². The molecule has 3 heterocycles. The quantitative estimate of drug-likeness (QED) is 0.537. The molecule has 1 unspecified atom stereocenters. The Hall–Kier alpha value is -2.40. The first-order valence-corrected chi connectivity index (χ1v) is 12.7. The van der Waals surface area contributed by atoms with Crippen molar-refractivity contribution in [3.05, 3.63) is 81.6 Å². The number of fused-ring (bicyclic) bond motifs is 2. The van der Waals surface area contributed by atoms with E-state index in [1.165, 1.54) is 22.6 Å². The zero-order valence-corrected chi connectivity index (χ0v) is 20.2. The molecule has 33 heavy (non-hydrogen) atoms. The minimum Gasteiger partial charge on any atom is -0.384 e. The lowest BCUT2D eigenvalue weighted by molar-refractivity contribution is 0.0614. The topological polar surface area (TPSA) is 88.2 Å². The third-order valence-electron chi connectivity index (χ3n) is 6.53. The zero-order chi connectivity index (χ0) is 23.2. The number of nitrogens with one attached hydrogen (secondary N) is 1. The lowest BCUT2D eigenvalue weighted by atomic mass is 9.60. The van der Waals surface area contributed by atoms with Crippen molar-refractivity contribution in [2.75, 3.05) is 26.8 Å². The summed E-state index contributed by atoms with van der Waals surface area (Å²) in [6, 6.07) is 7.92. The maximum absolute atomic E-state index is 13.8. The second-order valence-corrected chi connectivity index (χ2v) is 11.3. The van der Waals surface area contributed by atoms with Crippen LogP contribution in [0.5, 0.6) is 0 Å². The number of sulfonamides is 1. The number of H-pyrrole nitrogens is 1. The van der Waals surface area contributed by atoms with Crippen molar-refractivity contribution in [1.82, 2.24) is 19.5 Å². The van der Waals surface area contributed by atoms with E-state index in [1.54, 1.807) is 37.7 Å². The molecule has 0 bridgehead atoms. The molecule has 172 valence electrons. The number of hydrogen-bond acceptors (Lipinski definition) is 5. The minimum absolute atomic E-state index is 0.134. The molecule has 2 aliphatic rings. The van der Waals surface area contributed by atoms with E-state index >= 15 is 0 Å². The first-order chi connectivity index (χ1) is 15.8. The second-order valence-electron chi connectivity index (χ2n) is 8.41. The van der Waals surface area contributed by atoms with Gasteiger partial charge in [0.25, 0.3) is 0 Å². The second kappa shape index (κ2) is 8.43. The van der Waals surface area contributed by atoms with Gasteiger partial charge in [-0.1, -0.05) is 17.7 Å². The summed E-state index contributed by atoms with van der Waals surface area (Å²) in [4.78, 5) is 4.17. The number of methoxy groups -OCH3 is 1. The average molecular weight is 533 g/mol.